The lowest BCUT2D eigenvalue weighted by atomic mass is 10.0. The lowest BCUT2D eigenvalue weighted by Gasteiger charge is -2.21. The second kappa shape index (κ2) is 7.54. The Morgan fingerprint density at radius 3 is 2.29 bits per heavy atom. The van der Waals surface area contributed by atoms with E-state index >= 15 is 0 Å². The Morgan fingerprint density at radius 2 is 1.81 bits per heavy atom. The van der Waals surface area contributed by atoms with Crippen LogP contribution in [-0.4, -0.2) is 34.4 Å². The van der Waals surface area contributed by atoms with E-state index in [9.17, 15) is 15.0 Å². The van der Waals surface area contributed by atoms with E-state index in [-0.39, 0.29) is 12.1 Å². The number of esters is 1. The molecule has 21 heavy (non-hydrogen) atoms. The number of hydrogen-bond acceptors (Lipinski definition) is 5. The third-order valence-electron chi connectivity index (χ3n) is 2.97. The van der Waals surface area contributed by atoms with Gasteiger partial charge in [0, 0.05) is 12.1 Å². The van der Waals surface area contributed by atoms with Crippen LogP contribution in [-0.2, 0) is 16.1 Å². The molecule has 0 radical (unpaired) electrons. The zero-order chi connectivity index (χ0) is 16.0. The van der Waals surface area contributed by atoms with E-state index in [1.165, 1.54) is 0 Å². The maximum atomic E-state index is 11.4. The van der Waals surface area contributed by atoms with E-state index in [2.05, 4.69) is 30.8 Å². The summed E-state index contributed by atoms with van der Waals surface area (Å²) in [7, 11) is 0. The van der Waals surface area contributed by atoms with Gasteiger partial charge in [-0.3, -0.25) is 0 Å². The molecule has 0 saturated carbocycles. The first-order chi connectivity index (χ1) is 9.74. The Hall–Kier alpha value is -1.43. The number of rotatable bonds is 6. The van der Waals surface area contributed by atoms with Crippen LogP contribution in [0.2, 0.25) is 0 Å². The number of aliphatic hydroxyl groups excluding tert-OH is 2. The van der Waals surface area contributed by atoms with Gasteiger partial charge in [-0.1, -0.05) is 24.3 Å². The van der Waals surface area contributed by atoms with Crippen LogP contribution in [0.4, 0.5) is 0 Å². The molecule has 5 nitrogen and oxygen atoms in total. The second-order valence-corrected chi connectivity index (χ2v) is 5.99. The molecule has 3 N–H and O–H groups in total. The van der Waals surface area contributed by atoms with Crippen molar-refractivity contribution in [3.05, 3.63) is 35.4 Å². The molecular formula is C16H25NO4. The van der Waals surface area contributed by atoms with Crippen LogP contribution in [0.3, 0.4) is 0 Å². The summed E-state index contributed by atoms with van der Waals surface area (Å²) >= 11 is 0. The van der Waals surface area contributed by atoms with Gasteiger partial charge in [-0.05, 0) is 38.8 Å². The summed E-state index contributed by atoms with van der Waals surface area (Å²) in [5, 5.41) is 23.0. The molecule has 0 aliphatic rings. The van der Waals surface area contributed by atoms with E-state index < -0.39 is 18.2 Å². The first-order valence-corrected chi connectivity index (χ1v) is 7.11. The smallest absolute Gasteiger partial charge is 0.338 e. The standard InChI is InChI=1S/C16H25NO4/c1-5-21-15(20)14(19)13(18)12-8-6-11(7-9-12)10-17-16(2,3)4/h6-9,13-14,17-19H,5,10H2,1-4H3. The Labute approximate surface area is 125 Å². The number of ether oxygens (including phenoxy) is 1. The van der Waals surface area contributed by atoms with Crippen molar-refractivity contribution < 1.29 is 19.7 Å². The first kappa shape index (κ1) is 17.6. The molecule has 0 aliphatic heterocycles. The minimum absolute atomic E-state index is 0.0261. The normalized spacial score (nSPS) is 14.6. The third kappa shape index (κ3) is 5.83. The van der Waals surface area contributed by atoms with Crippen LogP contribution in [0.5, 0.6) is 0 Å². The van der Waals surface area contributed by atoms with Crippen molar-refractivity contribution >= 4 is 5.97 Å². The molecular weight excluding hydrogens is 270 g/mol. The van der Waals surface area contributed by atoms with E-state index in [4.69, 9.17) is 0 Å². The van der Waals surface area contributed by atoms with Crippen molar-refractivity contribution in [3.8, 4) is 0 Å². The summed E-state index contributed by atoms with van der Waals surface area (Å²) in [6, 6.07) is 7.11. The molecule has 0 saturated heterocycles. The molecule has 0 spiro atoms. The predicted octanol–water partition coefficient (Wildman–Crippen LogP) is 1.53. The van der Waals surface area contributed by atoms with Gasteiger partial charge in [-0.2, -0.15) is 0 Å². The molecule has 0 aromatic heterocycles. The lowest BCUT2D eigenvalue weighted by Crippen LogP contribution is -2.35. The Balaban J connectivity index is 2.66. The van der Waals surface area contributed by atoms with Crippen LogP contribution in [0.15, 0.2) is 24.3 Å². The molecule has 0 heterocycles. The largest absolute Gasteiger partial charge is 0.464 e. The predicted molar refractivity (Wildman–Crippen MR) is 80.6 cm³/mol. The van der Waals surface area contributed by atoms with Crippen molar-refractivity contribution in [2.45, 2.75) is 52.0 Å². The fourth-order valence-corrected chi connectivity index (χ4v) is 1.74. The Bertz CT molecular complexity index is 450. The minimum atomic E-state index is -1.57. The van der Waals surface area contributed by atoms with Crippen molar-refractivity contribution in [1.82, 2.24) is 5.32 Å². The van der Waals surface area contributed by atoms with Crippen LogP contribution < -0.4 is 5.32 Å². The quantitative estimate of drug-likeness (QED) is 0.694. The number of carbonyl (C=O) groups excluding carboxylic acids is 1. The molecule has 2 unspecified atom stereocenters. The molecule has 0 fully saturated rings. The zero-order valence-corrected chi connectivity index (χ0v) is 13.1. The van der Waals surface area contributed by atoms with Gasteiger partial charge in [0.25, 0.3) is 0 Å². The van der Waals surface area contributed by atoms with Crippen LogP contribution in [0.1, 0.15) is 44.9 Å². The fraction of sp³-hybridized carbons (Fsp3) is 0.562. The maximum absolute atomic E-state index is 11.4. The van der Waals surface area contributed by atoms with Crippen LogP contribution in [0.25, 0.3) is 0 Å². The van der Waals surface area contributed by atoms with Crippen molar-refractivity contribution in [2.24, 2.45) is 0 Å². The highest BCUT2D eigenvalue weighted by molar-refractivity contribution is 5.75. The number of aliphatic hydroxyl groups is 2. The van der Waals surface area contributed by atoms with Gasteiger partial charge in [-0.15, -0.1) is 0 Å². The van der Waals surface area contributed by atoms with Gasteiger partial charge in [0.05, 0.1) is 6.61 Å². The summed E-state index contributed by atoms with van der Waals surface area (Å²) in [6.45, 7) is 8.77. The molecule has 1 rings (SSSR count). The first-order valence-electron chi connectivity index (χ1n) is 7.11. The molecule has 5 heteroatoms. The highest BCUT2D eigenvalue weighted by Crippen LogP contribution is 2.19. The van der Waals surface area contributed by atoms with Crippen molar-refractivity contribution in [1.29, 1.82) is 0 Å². The van der Waals surface area contributed by atoms with Gasteiger partial charge in [0.15, 0.2) is 6.10 Å². The average Bonchev–Trinajstić information content (AvgIpc) is 2.43. The molecule has 1 aromatic carbocycles. The Kier molecular flexibility index (Phi) is 6.33. The van der Waals surface area contributed by atoms with Gasteiger partial charge in [0.2, 0.25) is 0 Å². The molecule has 2 atom stereocenters. The summed E-state index contributed by atoms with van der Waals surface area (Å²) in [6.07, 6.45) is -2.85. The molecule has 0 bridgehead atoms. The summed E-state index contributed by atoms with van der Waals surface area (Å²) < 4.78 is 4.69. The SMILES string of the molecule is CCOC(=O)C(O)C(O)c1ccc(CNC(C)(C)C)cc1. The van der Waals surface area contributed by atoms with Crippen molar-refractivity contribution in [3.63, 3.8) is 0 Å². The van der Waals surface area contributed by atoms with Gasteiger partial charge < -0.3 is 20.3 Å². The lowest BCUT2D eigenvalue weighted by molar-refractivity contribution is -0.159. The monoisotopic (exact) mass is 295 g/mol. The fourth-order valence-electron chi connectivity index (χ4n) is 1.74. The molecule has 0 aliphatic carbocycles. The van der Waals surface area contributed by atoms with E-state index in [0.717, 1.165) is 5.56 Å². The van der Waals surface area contributed by atoms with E-state index in [0.29, 0.717) is 12.1 Å². The number of benzene rings is 1. The number of nitrogens with one attached hydrogen (secondary N) is 1. The minimum Gasteiger partial charge on any atom is -0.464 e. The topological polar surface area (TPSA) is 78.8 Å². The number of carbonyl (C=O) groups is 1. The van der Waals surface area contributed by atoms with Crippen molar-refractivity contribution in [2.75, 3.05) is 6.61 Å². The van der Waals surface area contributed by atoms with Gasteiger partial charge in [-0.25, -0.2) is 4.79 Å². The van der Waals surface area contributed by atoms with E-state index in [1.54, 1.807) is 19.1 Å². The molecule has 0 amide bonds. The summed E-state index contributed by atoms with van der Waals surface area (Å²) in [5.74, 6) is -0.816. The highest BCUT2D eigenvalue weighted by Gasteiger charge is 2.26. The Morgan fingerprint density at radius 1 is 1.24 bits per heavy atom. The van der Waals surface area contributed by atoms with Gasteiger partial charge in [0.1, 0.15) is 6.10 Å². The van der Waals surface area contributed by atoms with Crippen LogP contribution in [0, 0.1) is 0 Å². The summed E-state index contributed by atoms with van der Waals surface area (Å²) in [4.78, 5) is 11.4. The highest BCUT2D eigenvalue weighted by atomic mass is 16.5. The number of hydrogen-bond donors (Lipinski definition) is 3. The van der Waals surface area contributed by atoms with E-state index in [1.807, 2.05) is 12.1 Å². The summed E-state index contributed by atoms with van der Waals surface area (Å²) in [5.41, 5.74) is 1.57. The maximum Gasteiger partial charge on any atom is 0.338 e. The molecule has 118 valence electrons. The second-order valence-electron chi connectivity index (χ2n) is 5.99. The third-order valence-corrected chi connectivity index (χ3v) is 2.97. The van der Waals surface area contributed by atoms with Gasteiger partial charge >= 0.3 is 5.97 Å². The molecule has 1 aromatic rings. The average molecular weight is 295 g/mol. The van der Waals surface area contributed by atoms with Crippen LogP contribution >= 0.6 is 0 Å². The zero-order valence-electron chi connectivity index (χ0n) is 13.1.